The third-order valence-electron chi connectivity index (χ3n) is 2.93. The van der Waals surface area contributed by atoms with Gasteiger partial charge in [-0.2, -0.15) is 5.26 Å². The minimum Gasteiger partial charge on any atom is -0.381 e. The molecule has 1 amide bonds. The molecule has 0 aliphatic carbocycles. The van der Waals surface area contributed by atoms with E-state index in [2.05, 4.69) is 11.4 Å². The maximum atomic E-state index is 11.9. The lowest BCUT2D eigenvalue weighted by atomic mass is 9.81. The highest BCUT2D eigenvalue weighted by Crippen LogP contribution is 2.29. The molecule has 0 aromatic rings. The summed E-state index contributed by atoms with van der Waals surface area (Å²) >= 11 is 0. The molecule has 0 radical (unpaired) electrons. The smallest absolute Gasteiger partial charge is 0.240 e. The van der Waals surface area contributed by atoms with Crippen LogP contribution in [-0.4, -0.2) is 41.4 Å². The molecule has 1 heterocycles. The van der Waals surface area contributed by atoms with Gasteiger partial charge in [0, 0.05) is 42.1 Å². The van der Waals surface area contributed by atoms with Crippen LogP contribution in [0.15, 0.2) is 0 Å². The molecule has 5 nitrogen and oxygen atoms in total. The zero-order valence-corrected chi connectivity index (χ0v) is 10.8. The van der Waals surface area contributed by atoms with Gasteiger partial charge in [0.15, 0.2) is 0 Å². The van der Waals surface area contributed by atoms with Crippen molar-refractivity contribution in [3.8, 4) is 6.07 Å². The van der Waals surface area contributed by atoms with Gasteiger partial charge in [0.05, 0.1) is 6.07 Å². The lowest BCUT2D eigenvalue weighted by Crippen LogP contribution is -2.44. The predicted octanol–water partition coefficient (Wildman–Crippen LogP) is 0.192. The van der Waals surface area contributed by atoms with Crippen molar-refractivity contribution in [3.63, 3.8) is 0 Å². The van der Waals surface area contributed by atoms with Gasteiger partial charge in [0.2, 0.25) is 5.91 Å². The molecular weight excluding hydrogens is 240 g/mol. The minimum atomic E-state index is -0.952. The second-order valence-corrected chi connectivity index (χ2v) is 5.86. The summed E-state index contributed by atoms with van der Waals surface area (Å²) in [5.74, 6) is 0.782. The van der Waals surface area contributed by atoms with Crippen molar-refractivity contribution >= 4 is 16.7 Å². The lowest BCUT2D eigenvalue weighted by Gasteiger charge is -2.29. The topological polar surface area (TPSA) is 79.2 Å². The van der Waals surface area contributed by atoms with E-state index in [9.17, 15) is 9.00 Å². The summed E-state index contributed by atoms with van der Waals surface area (Å²) in [6, 6.07) is 2.10. The average Bonchev–Trinajstić information content (AvgIpc) is 2.39. The Hall–Kier alpha value is -0.930. The second kappa shape index (κ2) is 6.72. The maximum Gasteiger partial charge on any atom is 0.240 e. The van der Waals surface area contributed by atoms with E-state index in [1.807, 2.05) is 6.92 Å². The number of rotatable bonds is 5. The van der Waals surface area contributed by atoms with Gasteiger partial charge in [0.1, 0.15) is 5.41 Å². The summed E-state index contributed by atoms with van der Waals surface area (Å²) in [5.41, 5.74) is -0.952. The standard InChI is InChI=1S/C11H18N2O3S/c1-2-17(15)8-5-13-10(14)11(9-12)3-6-16-7-4-11/h2-8H2,1H3,(H,13,14). The fraction of sp³-hybridized carbons (Fsp3) is 0.818. The first-order chi connectivity index (χ1) is 8.14. The normalized spacial score (nSPS) is 20.2. The second-order valence-electron chi connectivity index (χ2n) is 3.99. The Labute approximate surface area is 104 Å². The molecule has 1 fully saturated rings. The molecule has 1 aliphatic rings. The van der Waals surface area contributed by atoms with Gasteiger partial charge in [-0.05, 0) is 12.8 Å². The Bertz CT molecular complexity index is 332. The SMILES string of the molecule is CCS(=O)CCNC(=O)C1(C#N)CCOCC1. The summed E-state index contributed by atoms with van der Waals surface area (Å²) in [6.07, 6.45) is 0.873. The summed E-state index contributed by atoms with van der Waals surface area (Å²) in [5, 5.41) is 11.8. The number of ether oxygens (including phenoxy) is 1. The fourth-order valence-corrected chi connectivity index (χ4v) is 2.32. The number of nitrogens with one attached hydrogen (secondary N) is 1. The Morgan fingerprint density at radius 3 is 2.71 bits per heavy atom. The first-order valence-electron chi connectivity index (χ1n) is 5.77. The Morgan fingerprint density at radius 1 is 1.53 bits per heavy atom. The van der Waals surface area contributed by atoms with Crippen molar-refractivity contribution in [2.24, 2.45) is 5.41 Å². The third-order valence-corrected chi connectivity index (χ3v) is 4.24. The van der Waals surface area contributed by atoms with E-state index in [-0.39, 0.29) is 5.91 Å². The number of carbonyl (C=O) groups is 1. The van der Waals surface area contributed by atoms with Gasteiger partial charge >= 0.3 is 0 Å². The van der Waals surface area contributed by atoms with Crippen LogP contribution >= 0.6 is 0 Å². The van der Waals surface area contributed by atoms with Crippen molar-refractivity contribution in [1.29, 1.82) is 5.26 Å². The van der Waals surface area contributed by atoms with Crippen LogP contribution in [0.4, 0.5) is 0 Å². The van der Waals surface area contributed by atoms with E-state index < -0.39 is 16.2 Å². The van der Waals surface area contributed by atoms with Crippen LogP contribution in [0.2, 0.25) is 0 Å². The van der Waals surface area contributed by atoms with Crippen molar-refractivity contribution in [2.75, 3.05) is 31.3 Å². The summed E-state index contributed by atoms with van der Waals surface area (Å²) in [4.78, 5) is 11.9. The van der Waals surface area contributed by atoms with Crippen LogP contribution in [0.3, 0.4) is 0 Å². The van der Waals surface area contributed by atoms with E-state index in [0.29, 0.717) is 44.1 Å². The minimum absolute atomic E-state index is 0.253. The number of hydrogen-bond donors (Lipinski definition) is 1. The lowest BCUT2D eigenvalue weighted by molar-refractivity contribution is -0.132. The van der Waals surface area contributed by atoms with Gasteiger partial charge in [-0.25, -0.2) is 0 Å². The molecule has 17 heavy (non-hydrogen) atoms. The van der Waals surface area contributed by atoms with Crippen LogP contribution in [0.1, 0.15) is 19.8 Å². The number of carbonyl (C=O) groups excluding carboxylic acids is 1. The highest BCUT2D eigenvalue weighted by atomic mass is 32.2. The van der Waals surface area contributed by atoms with Crippen molar-refractivity contribution in [3.05, 3.63) is 0 Å². The monoisotopic (exact) mass is 258 g/mol. The van der Waals surface area contributed by atoms with Crippen LogP contribution < -0.4 is 5.32 Å². The van der Waals surface area contributed by atoms with E-state index >= 15 is 0 Å². The molecule has 0 spiro atoms. The van der Waals surface area contributed by atoms with Gasteiger partial charge in [0.25, 0.3) is 0 Å². The number of hydrogen-bond acceptors (Lipinski definition) is 4. The molecule has 1 N–H and O–H groups in total. The Morgan fingerprint density at radius 2 is 2.18 bits per heavy atom. The summed E-state index contributed by atoms with van der Waals surface area (Å²) in [6.45, 7) is 3.10. The third kappa shape index (κ3) is 3.79. The largest absolute Gasteiger partial charge is 0.381 e. The maximum absolute atomic E-state index is 11.9. The molecule has 1 unspecified atom stereocenters. The van der Waals surface area contributed by atoms with Crippen molar-refractivity contribution in [2.45, 2.75) is 19.8 Å². The van der Waals surface area contributed by atoms with E-state index in [0.717, 1.165) is 0 Å². The molecule has 0 bridgehead atoms. The molecule has 0 aromatic heterocycles. The zero-order valence-electron chi connectivity index (χ0n) is 10.0. The van der Waals surface area contributed by atoms with Gasteiger partial charge in [-0.15, -0.1) is 0 Å². The average molecular weight is 258 g/mol. The summed E-state index contributed by atoms with van der Waals surface area (Å²) < 4.78 is 16.4. The van der Waals surface area contributed by atoms with Crippen LogP contribution in [0.25, 0.3) is 0 Å². The first kappa shape index (κ1) is 14.1. The van der Waals surface area contributed by atoms with Crippen LogP contribution in [0, 0.1) is 16.7 Å². The molecule has 0 aromatic carbocycles. The molecule has 0 saturated carbocycles. The molecule has 1 rings (SSSR count). The van der Waals surface area contributed by atoms with Crippen LogP contribution in [-0.2, 0) is 20.3 Å². The Kier molecular flexibility index (Phi) is 5.59. The van der Waals surface area contributed by atoms with E-state index in [1.54, 1.807) is 0 Å². The van der Waals surface area contributed by atoms with Gasteiger partial charge in [-0.3, -0.25) is 9.00 Å². The van der Waals surface area contributed by atoms with E-state index in [4.69, 9.17) is 10.00 Å². The van der Waals surface area contributed by atoms with E-state index in [1.165, 1.54) is 0 Å². The highest BCUT2D eigenvalue weighted by molar-refractivity contribution is 7.84. The number of nitriles is 1. The molecule has 1 aliphatic heterocycles. The molecule has 1 saturated heterocycles. The predicted molar refractivity (Wildman–Crippen MR) is 64.7 cm³/mol. The van der Waals surface area contributed by atoms with Crippen molar-refractivity contribution in [1.82, 2.24) is 5.32 Å². The highest BCUT2D eigenvalue weighted by Gasteiger charge is 2.40. The van der Waals surface area contributed by atoms with Gasteiger partial charge < -0.3 is 10.1 Å². The molecule has 1 atom stereocenters. The quantitative estimate of drug-likeness (QED) is 0.763. The summed E-state index contributed by atoms with van der Waals surface area (Å²) in [7, 11) is -0.886. The van der Waals surface area contributed by atoms with Crippen LogP contribution in [0.5, 0.6) is 0 Å². The number of amides is 1. The van der Waals surface area contributed by atoms with Crippen molar-refractivity contribution < 1.29 is 13.7 Å². The fourth-order valence-electron chi connectivity index (χ4n) is 1.70. The molecule has 96 valence electrons. The zero-order chi connectivity index (χ0) is 12.7. The number of nitrogens with zero attached hydrogens (tertiary/aromatic N) is 1. The van der Waals surface area contributed by atoms with Gasteiger partial charge in [-0.1, -0.05) is 6.92 Å². The first-order valence-corrected chi connectivity index (χ1v) is 7.25. The molecule has 6 heteroatoms. The molecular formula is C11H18N2O3S. The Balaban J connectivity index is 2.45.